The lowest BCUT2D eigenvalue weighted by Crippen LogP contribution is -2.46. The number of piperidine rings is 1. The van der Waals surface area contributed by atoms with Crippen LogP contribution in [0.15, 0.2) is 24.3 Å². The Morgan fingerprint density at radius 2 is 1.75 bits per heavy atom. The minimum atomic E-state index is 0.753. The number of nitrogens with zero attached hydrogens (tertiary/aromatic N) is 1. The lowest BCUT2D eigenvalue weighted by atomic mass is 9.78. The highest BCUT2D eigenvalue weighted by Crippen LogP contribution is 2.36. The summed E-state index contributed by atoms with van der Waals surface area (Å²) in [6.07, 6.45) is 9.64. The van der Waals surface area contributed by atoms with Gasteiger partial charge < -0.3 is 5.73 Å². The molecule has 2 N–H and O–H groups in total. The second-order valence-corrected chi connectivity index (χ2v) is 6.53. The molecule has 0 aromatic heterocycles. The van der Waals surface area contributed by atoms with E-state index in [9.17, 15) is 0 Å². The Bertz CT molecular complexity index is 427. The summed E-state index contributed by atoms with van der Waals surface area (Å²) in [5, 5.41) is 0. The molecule has 2 atom stereocenters. The van der Waals surface area contributed by atoms with Crippen LogP contribution >= 0.6 is 0 Å². The van der Waals surface area contributed by atoms with Crippen molar-refractivity contribution in [3.05, 3.63) is 35.4 Å². The van der Waals surface area contributed by atoms with Crippen LogP contribution in [0.2, 0.25) is 0 Å². The maximum absolute atomic E-state index is 5.76. The molecule has 0 bridgehead atoms. The molecule has 1 aliphatic heterocycles. The van der Waals surface area contributed by atoms with Crippen LogP contribution in [0, 0.1) is 5.92 Å². The van der Waals surface area contributed by atoms with Crippen LogP contribution in [-0.2, 0) is 13.0 Å². The Morgan fingerprint density at radius 3 is 2.60 bits per heavy atom. The number of rotatable bonds is 4. The zero-order chi connectivity index (χ0) is 13.8. The molecule has 110 valence electrons. The summed E-state index contributed by atoms with van der Waals surface area (Å²) >= 11 is 0. The van der Waals surface area contributed by atoms with Crippen molar-refractivity contribution in [1.82, 2.24) is 4.90 Å². The molecule has 1 saturated carbocycles. The number of hydrogen-bond acceptors (Lipinski definition) is 2. The normalized spacial score (nSPS) is 27.2. The van der Waals surface area contributed by atoms with Gasteiger partial charge in [0.15, 0.2) is 0 Å². The third-order valence-corrected chi connectivity index (χ3v) is 5.26. The number of hydrogen-bond donors (Lipinski definition) is 1. The van der Waals surface area contributed by atoms with Gasteiger partial charge in [0.25, 0.3) is 0 Å². The van der Waals surface area contributed by atoms with Crippen LogP contribution in [0.4, 0.5) is 0 Å². The fraction of sp³-hybridized carbons (Fsp3) is 0.667. The van der Waals surface area contributed by atoms with Crippen LogP contribution in [0.25, 0.3) is 0 Å². The van der Waals surface area contributed by atoms with Gasteiger partial charge in [-0.1, -0.05) is 37.1 Å². The Morgan fingerprint density at radius 1 is 1.00 bits per heavy atom. The van der Waals surface area contributed by atoms with E-state index in [2.05, 4.69) is 29.2 Å². The first-order chi connectivity index (χ1) is 9.88. The van der Waals surface area contributed by atoms with Crippen molar-refractivity contribution in [1.29, 1.82) is 0 Å². The lowest BCUT2D eigenvalue weighted by Gasteiger charge is -2.44. The van der Waals surface area contributed by atoms with Crippen molar-refractivity contribution in [2.45, 2.75) is 57.5 Å². The Kier molecular flexibility index (Phi) is 4.74. The van der Waals surface area contributed by atoms with Gasteiger partial charge in [-0.25, -0.2) is 0 Å². The molecule has 2 unspecified atom stereocenters. The van der Waals surface area contributed by atoms with Gasteiger partial charge in [0.1, 0.15) is 0 Å². The summed E-state index contributed by atoms with van der Waals surface area (Å²) in [7, 11) is 0. The smallest absolute Gasteiger partial charge is 0.0239 e. The van der Waals surface area contributed by atoms with Crippen molar-refractivity contribution < 1.29 is 0 Å². The quantitative estimate of drug-likeness (QED) is 0.911. The number of benzene rings is 1. The average molecular weight is 272 g/mol. The van der Waals surface area contributed by atoms with E-state index >= 15 is 0 Å². The Labute approximate surface area is 123 Å². The molecule has 3 rings (SSSR count). The van der Waals surface area contributed by atoms with Crippen LogP contribution in [0.1, 0.15) is 49.7 Å². The zero-order valence-corrected chi connectivity index (χ0v) is 12.6. The number of fused-ring (bicyclic) bond motifs is 1. The number of likely N-dealkylation sites (tertiary alicyclic amines) is 1. The van der Waals surface area contributed by atoms with Gasteiger partial charge in [0.05, 0.1) is 0 Å². The van der Waals surface area contributed by atoms with Gasteiger partial charge in [-0.2, -0.15) is 0 Å². The van der Waals surface area contributed by atoms with Gasteiger partial charge in [0.2, 0.25) is 0 Å². The van der Waals surface area contributed by atoms with Crippen molar-refractivity contribution >= 4 is 0 Å². The van der Waals surface area contributed by atoms with Crippen molar-refractivity contribution in [3.8, 4) is 0 Å². The van der Waals surface area contributed by atoms with E-state index in [0.717, 1.165) is 31.5 Å². The summed E-state index contributed by atoms with van der Waals surface area (Å²) in [6, 6.07) is 9.73. The summed E-state index contributed by atoms with van der Waals surface area (Å²) in [5.74, 6) is 0.971. The molecule has 2 aliphatic rings. The van der Waals surface area contributed by atoms with Crippen LogP contribution in [0.5, 0.6) is 0 Å². The first kappa shape index (κ1) is 14.1. The molecule has 20 heavy (non-hydrogen) atoms. The van der Waals surface area contributed by atoms with Crippen molar-refractivity contribution in [2.75, 3.05) is 13.1 Å². The Hall–Kier alpha value is -0.860. The second kappa shape index (κ2) is 6.73. The van der Waals surface area contributed by atoms with Crippen LogP contribution in [-0.4, -0.2) is 24.0 Å². The minimum absolute atomic E-state index is 0.753. The third-order valence-electron chi connectivity index (χ3n) is 5.26. The van der Waals surface area contributed by atoms with E-state index in [1.54, 1.807) is 0 Å². The average Bonchev–Trinajstić information content (AvgIpc) is 2.50. The highest BCUT2D eigenvalue weighted by atomic mass is 15.2. The highest BCUT2D eigenvalue weighted by molar-refractivity contribution is 5.27. The van der Waals surface area contributed by atoms with E-state index in [4.69, 9.17) is 5.73 Å². The van der Waals surface area contributed by atoms with Gasteiger partial charge in [-0.15, -0.1) is 0 Å². The van der Waals surface area contributed by atoms with Gasteiger partial charge in [-0.05, 0) is 62.2 Å². The summed E-state index contributed by atoms with van der Waals surface area (Å²) < 4.78 is 0. The predicted molar refractivity (Wildman–Crippen MR) is 84.6 cm³/mol. The minimum Gasteiger partial charge on any atom is -0.330 e. The first-order valence-corrected chi connectivity index (χ1v) is 8.39. The molecule has 1 saturated heterocycles. The standard InChI is InChI=1S/C18H28N2/c19-12-11-15-6-1-2-8-17(15)14-20-13-5-9-16-7-3-4-10-18(16)20/h1-2,6,8,16,18H,3-5,7,9-14,19H2. The van der Waals surface area contributed by atoms with Crippen molar-refractivity contribution in [2.24, 2.45) is 11.7 Å². The van der Waals surface area contributed by atoms with Gasteiger partial charge in [0, 0.05) is 12.6 Å². The van der Waals surface area contributed by atoms with Crippen LogP contribution < -0.4 is 5.73 Å². The largest absolute Gasteiger partial charge is 0.330 e. The summed E-state index contributed by atoms with van der Waals surface area (Å²) in [6.45, 7) is 3.18. The van der Waals surface area contributed by atoms with E-state index in [-0.39, 0.29) is 0 Å². The summed E-state index contributed by atoms with van der Waals surface area (Å²) in [4.78, 5) is 2.77. The van der Waals surface area contributed by atoms with E-state index < -0.39 is 0 Å². The number of nitrogens with two attached hydrogens (primary N) is 1. The van der Waals surface area contributed by atoms with Crippen LogP contribution in [0.3, 0.4) is 0 Å². The fourth-order valence-corrected chi connectivity index (χ4v) is 4.25. The molecule has 0 spiro atoms. The van der Waals surface area contributed by atoms with E-state index in [1.165, 1.54) is 56.2 Å². The monoisotopic (exact) mass is 272 g/mol. The van der Waals surface area contributed by atoms with Gasteiger partial charge >= 0.3 is 0 Å². The molecule has 2 heteroatoms. The molecular weight excluding hydrogens is 244 g/mol. The first-order valence-electron chi connectivity index (χ1n) is 8.39. The Balaban J connectivity index is 1.73. The summed E-state index contributed by atoms with van der Waals surface area (Å²) in [5.41, 5.74) is 8.71. The molecule has 1 aromatic carbocycles. The van der Waals surface area contributed by atoms with E-state index in [1.807, 2.05) is 0 Å². The topological polar surface area (TPSA) is 29.3 Å². The van der Waals surface area contributed by atoms with Crippen molar-refractivity contribution in [3.63, 3.8) is 0 Å². The SMILES string of the molecule is NCCc1ccccc1CN1CCCC2CCCCC21. The molecule has 1 heterocycles. The molecule has 0 radical (unpaired) electrons. The predicted octanol–water partition coefficient (Wildman–Crippen LogP) is 3.34. The van der Waals surface area contributed by atoms with Gasteiger partial charge in [-0.3, -0.25) is 4.90 Å². The molecular formula is C18H28N2. The van der Waals surface area contributed by atoms with E-state index in [0.29, 0.717) is 0 Å². The zero-order valence-electron chi connectivity index (χ0n) is 12.6. The second-order valence-electron chi connectivity index (χ2n) is 6.53. The molecule has 2 fully saturated rings. The maximum atomic E-state index is 5.76. The third kappa shape index (κ3) is 3.07. The molecule has 1 aromatic rings. The molecule has 1 aliphatic carbocycles. The maximum Gasteiger partial charge on any atom is 0.0239 e. The fourth-order valence-electron chi connectivity index (χ4n) is 4.25. The molecule has 2 nitrogen and oxygen atoms in total. The highest BCUT2D eigenvalue weighted by Gasteiger charge is 2.33. The lowest BCUT2D eigenvalue weighted by molar-refractivity contribution is 0.0545. The molecule has 0 amide bonds.